The van der Waals surface area contributed by atoms with Crippen LogP contribution < -0.4 is 0 Å². The molecule has 0 fully saturated rings. The first-order chi connectivity index (χ1) is 9.99. The summed E-state index contributed by atoms with van der Waals surface area (Å²) in [5.74, 6) is -2.25. The molecule has 8 heteroatoms. The van der Waals surface area contributed by atoms with E-state index in [4.69, 9.17) is 4.74 Å². The number of carbonyl (C=O) groups is 2. The highest BCUT2D eigenvalue weighted by atomic mass is 79.9. The van der Waals surface area contributed by atoms with E-state index in [-0.39, 0.29) is 5.76 Å². The van der Waals surface area contributed by atoms with Crippen molar-refractivity contribution in [3.63, 3.8) is 0 Å². The maximum atomic E-state index is 11.9. The van der Waals surface area contributed by atoms with Gasteiger partial charge >= 0.3 is 11.9 Å². The zero-order valence-corrected chi connectivity index (χ0v) is 12.0. The molecule has 0 aliphatic heterocycles. The third kappa shape index (κ3) is 3.54. The summed E-state index contributed by atoms with van der Waals surface area (Å²) in [6, 6.07) is 8.84. The quantitative estimate of drug-likeness (QED) is 0.354. The fourth-order valence-corrected chi connectivity index (χ4v) is 2.01. The Labute approximate surface area is 126 Å². The van der Waals surface area contributed by atoms with Crippen molar-refractivity contribution in [3.05, 3.63) is 62.3 Å². The number of Topliss-reactive ketones (excluding diaryl/α,β-unsaturated/α-hetero) is 1. The highest BCUT2D eigenvalue weighted by Crippen LogP contribution is 2.18. The number of hydrogen-bond acceptors (Lipinski definition) is 6. The van der Waals surface area contributed by atoms with Gasteiger partial charge in [0.15, 0.2) is 6.61 Å². The monoisotopic (exact) mass is 353 g/mol. The lowest BCUT2D eigenvalue weighted by atomic mass is 10.1. The number of nitrogens with zero attached hydrogens (tertiary/aromatic N) is 1. The van der Waals surface area contributed by atoms with Gasteiger partial charge < -0.3 is 9.15 Å². The van der Waals surface area contributed by atoms with Gasteiger partial charge in [-0.1, -0.05) is 34.1 Å². The molecule has 7 nitrogen and oxygen atoms in total. The molecule has 0 amide bonds. The Bertz CT molecular complexity index is 708. The second-order valence-electron chi connectivity index (χ2n) is 3.87. The molecule has 0 radical (unpaired) electrons. The first kappa shape index (κ1) is 14.9. The van der Waals surface area contributed by atoms with Crippen molar-refractivity contribution < 1.29 is 23.7 Å². The molecule has 0 aliphatic rings. The van der Waals surface area contributed by atoms with E-state index in [0.29, 0.717) is 10.0 Å². The van der Waals surface area contributed by atoms with Crippen molar-refractivity contribution in [2.24, 2.45) is 0 Å². The van der Waals surface area contributed by atoms with Crippen LogP contribution in [-0.2, 0) is 4.74 Å². The molecule has 1 aromatic heterocycles. The average molecular weight is 354 g/mol. The molecule has 2 aromatic rings. The number of ether oxygens (including phenoxy) is 1. The molecule has 0 aliphatic carbocycles. The zero-order chi connectivity index (χ0) is 15.4. The number of esters is 1. The Kier molecular flexibility index (Phi) is 4.49. The molecular weight excluding hydrogens is 346 g/mol. The molecule has 2 rings (SSSR count). The Balaban J connectivity index is 1.99. The molecule has 0 saturated carbocycles. The van der Waals surface area contributed by atoms with Gasteiger partial charge in [0.1, 0.15) is 4.92 Å². The van der Waals surface area contributed by atoms with Crippen molar-refractivity contribution in [1.29, 1.82) is 0 Å². The summed E-state index contributed by atoms with van der Waals surface area (Å²) in [4.78, 5) is 33.1. The van der Waals surface area contributed by atoms with E-state index in [2.05, 4.69) is 20.3 Å². The summed E-state index contributed by atoms with van der Waals surface area (Å²) in [6.45, 7) is -0.490. The molecule has 0 bridgehead atoms. The van der Waals surface area contributed by atoms with Crippen LogP contribution in [-0.4, -0.2) is 23.3 Å². The van der Waals surface area contributed by atoms with Crippen LogP contribution >= 0.6 is 15.9 Å². The number of ketones is 1. The van der Waals surface area contributed by atoms with Gasteiger partial charge in [-0.3, -0.25) is 14.9 Å². The Morgan fingerprint density at radius 2 is 1.95 bits per heavy atom. The summed E-state index contributed by atoms with van der Waals surface area (Å²) >= 11 is 3.21. The second kappa shape index (κ2) is 6.31. The van der Waals surface area contributed by atoms with E-state index >= 15 is 0 Å². The van der Waals surface area contributed by atoms with Gasteiger partial charge in [0, 0.05) is 10.0 Å². The standard InChI is InChI=1S/C13H8BrNO6/c14-9-4-2-1-3-8(9)10(16)7-20-13(17)11-5-6-12(21-11)15(18)19/h1-6H,7H2. The number of nitro groups is 1. The topological polar surface area (TPSA) is 99.7 Å². The number of carbonyl (C=O) groups excluding carboxylic acids is 2. The van der Waals surface area contributed by atoms with E-state index in [1.807, 2.05) is 0 Å². The van der Waals surface area contributed by atoms with E-state index in [1.165, 1.54) is 0 Å². The van der Waals surface area contributed by atoms with Gasteiger partial charge in [-0.2, -0.15) is 0 Å². The summed E-state index contributed by atoms with van der Waals surface area (Å²) in [6.07, 6.45) is 0. The molecular formula is C13H8BrNO6. The predicted octanol–water partition coefficient (Wildman–Crippen LogP) is 2.99. The third-order valence-electron chi connectivity index (χ3n) is 2.48. The minimum absolute atomic E-state index is 0.332. The zero-order valence-electron chi connectivity index (χ0n) is 10.4. The van der Waals surface area contributed by atoms with E-state index in [0.717, 1.165) is 12.1 Å². The van der Waals surface area contributed by atoms with Crippen LogP contribution in [0, 0.1) is 10.1 Å². The third-order valence-corrected chi connectivity index (χ3v) is 3.17. The van der Waals surface area contributed by atoms with Crippen molar-refractivity contribution in [1.82, 2.24) is 0 Å². The smallest absolute Gasteiger partial charge is 0.433 e. The minimum atomic E-state index is -0.941. The van der Waals surface area contributed by atoms with Crippen LogP contribution in [0.25, 0.3) is 0 Å². The highest BCUT2D eigenvalue weighted by molar-refractivity contribution is 9.10. The van der Waals surface area contributed by atoms with Crippen molar-refractivity contribution in [2.45, 2.75) is 0 Å². The Hall–Kier alpha value is -2.48. The van der Waals surface area contributed by atoms with Crippen LogP contribution in [0.15, 0.2) is 45.3 Å². The van der Waals surface area contributed by atoms with E-state index in [9.17, 15) is 19.7 Å². The number of benzene rings is 1. The van der Waals surface area contributed by atoms with Crippen LogP contribution in [0.4, 0.5) is 5.88 Å². The summed E-state index contributed by atoms with van der Waals surface area (Å²) in [5.41, 5.74) is 0.371. The molecule has 1 aromatic carbocycles. The summed E-state index contributed by atoms with van der Waals surface area (Å²) in [5, 5.41) is 10.4. The summed E-state index contributed by atoms with van der Waals surface area (Å²) < 4.78 is 10.0. The molecule has 21 heavy (non-hydrogen) atoms. The average Bonchev–Trinajstić information content (AvgIpc) is 2.95. The van der Waals surface area contributed by atoms with Crippen LogP contribution in [0.5, 0.6) is 0 Å². The van der Waals surface area contributed by atoms with E-state index in [1.54, 1.807) is 24.3 Å². The van der Waals surface area contributed by atoms with E-state index < -0.39 is 29.2 Å². The van der Waals surface area contributed by atoms with Crippen LogP contribution in [0.2, 0.25) is 0 Å². The van der Waals surface area contributed by atoms with Crippen LogP contribution in [0.1, 0.15) is 20.9 Å². The van der Waals surface area contributed by atoms with Gasteiger partial charge in [-0.05, 0) is 12.1 Å². The predicted molar refractivity (Wildman–Crippen MR) is 74.1 cm³/mol. The molecule has 0 saturated heterocycles. The fraction of sp³-hybridized carbons (Fsp3) is 0.0769. The van der Waals surface area contributed by atoms with Crippen molar-refractivity contribution in [2.75, 3.05) is 6.61 Å². The lowest BCUT2D eigenvalue weighted by Crippen LogP contribution is -2.14. The lowest BCUT2D eigenvalue weighted by molar-refractivity contribution is -0.402. The molecule has 0 atom stereocenters. The van der Waals surface area contributed by atoms with Gasteiger partial charge in [-0.15, -0.1) is 0 Å². The van der Waals surface area contributed by atoms with Crippen LogP contribution in [0.3, 0.4) is 0 Å². The number of furan rings is 1. The summed E-state index contributed by atoms with van der Waals surface area (Å²) in [7, 11) is 0. The molecule has 0 unspecified atom stereocenters. The molecule has 1 heterocycles. The normalized spacial score (nSPS) is 10.1. The van der Waals surface area contributed by atoms with Gasteiger partial charge in [0.25, 0.3) is 0 Å². The largest absolute Gasteiger partial charge is 0.451 e. The van der Waals surface area contributed by atoms with Crippen molar-refractivity contribution >= 4 is 33.6 Å². The first-order valence-corrected chi connectivity index (χ1v) is 6.47. The number of halogens is 1. The van der Waals surface area contributed by atoms with Gasteiger partial charge in [0.05, 0.1) is 6.07 Å². The Morgan fingerprint density at radius 3 is 2.57 bits per heavy atom. The Morgan fingerprint density at radius 1 is 1.24 bits per heavy atom. The minimum Gasteiger partial charge on any atom is -0.451 e. The molecule has 0 spiro atoms. The number of hydrogen-bond donors (Lipinski definition) is 0. The maximum absolute atomic E-state index is 11.9. The van der Waals surface area contributed by atoms with Gasteiger partial charge in [0.2, 0.25) is 11.5 Å². The second-order valence-corrected chi connectivity index (χ2v) is 4.73. The number of rotatable bonds is 5. The molecule has 108 valence electrons. The highest BCUT2D eigenvalue weighted by Gasteiger charge is 2.20. The lowest BCUT2D eigenvalue weighted by Gasteiger charge is -2.04. The maximum Gasteiger partial charge on any atom is 0.433 e. The van der Waals surface area contributed by atoms with Crippen molar-refractivity contribution in [3.8, 4) is 0 Å². The molecule has 0 N–H and O–H groups in total. The van der Waals surface area contributed by atoms with Gasteiger partial charge in [-0.25, -0.2) is 4.79 Å². The SMILES string of the molecule is O=C(OCC(=O)c1ccccc1Br)c1ccc([N+](=O)[O-])o1. The fourth-order valence-electron chi connectivity index (χ4n) is 1.50. The first-order valence-electron chi connectivity index (χ1n) is 5.68.